The number of amides is 2. The molecule has 0 aliphatic rings. The van der Waals surface area contributed by atoms with Gasteiger partial charge in [-0.25, -0.2) is 9.18 Å². The summed E-state index contributed by atoms with van der Waals surface area (Å²) in [7, 11) is 0. The molecular formula is C17H13F7N2O. The van der Waals surface area contributed by atoms with Crippen LogP contribution in [0.4, 0.5) is 41.2 Å². The molecule has 0 aliphatic heterocycles. The maximum Gasteiger partial charge on any atom is 0.416 e. The minimum absolute atomic E-state index is 0.0425. The lowest BCUT2D eigenvalue weighted by Gasteiger charge is -2.15. The summed E-state index contributed by atoms with van der Waals surface area (Å²) in [5.74, 6) is -0.550. The van der Waals surface area contributed by atoms with E-state index >= 15 is 0 Å². The Balaban J connectivity index is 2.18. The van der Waals surface area contributed by atoms with Crippen molar-refractivity contribution >= 4 is 11.7 Å². The van der Waals surface area contributed by atoms with Crippen molar-refractivity contribution in [1.29, 1.82) is 0 Å². The Labute approximate surface area is 149 Å². The van der Waals surface area contributed by atoms with Gasteiger partial charge >= 0.3 is 18.4 Å². The molecule has 0 aliphatic carbocycles. The highest BCUT2D eigenvalue weighted by Gasteiger charge is 2.37. The van der Waals surface area contributed by atoms with Gasteiger partial charge in [-0.15, -0.1) is 0 Å². The first-order valence-corrected chi connectivity index (χ1v) is 7.45. The average molecular weight is 394 g/mol. The second-order valence-corrected chi connectivity index (χ2v) is 5.67. The zero-order chi connectivity index (χ0) is 20.4. The summed E-state index contributed by atoms with van der Waals surface area (Å²) in [5.41, 5.74) is -2.71. The maximum atomic E-state index is 13.2. The van der Waals surface area contributed by atoms with Crippen molar-refractivity contribution in [3.05, 3.63) is 64.5 Å². The molecule has 3 nitrogen and oxygen atoms in total. The number of urea groups is 1. The number of carbonyl (C=O) groups excluding carboxylic acids is 1. The smallest absolute Gasteiger partial charge is 0.334 e. The predicted molar refractivity (Wildman–Crippen MR) is 83.4 cm³/mol. The SMILES string of the molecule is Cc1ccc(F)cc1CNC(=O)Nc1cc(C(F)(F)F)cc(C(F)(F)F)c1. The van der Waals surface area contributed by atoms with Crippen molar-refractivity contribution in [3.8, 4) is 0 Å². The number of rotatable bonds is 3. The third-order valence-corrected chi connectivity index (χ3v) is 3.60. The van der Waals surface area contributed by atoms with Crippen molar-refractivity contribution in [3.63, 3.8) is 0 Å². The van der Waals surface area contributed by atoms with Gasteiger partial charge in [0.1, 0.15) is 5.82 Å². The van der Waals surface area contributed by atoms with E-state index in [1.165, 1.54) is 12.1 Å². The lowest BCUT2D eigenvalue weighted by Crippen LogP contribution is -2.28. The summed E-state index contributed by atoms with van der Waals surface area (Å²) in [6.07, 6.45) is -10.0. The zero-order valence-electron chi connectivity index (χ0n) is 13.7. The summed E-state index contributed by atoms with van der Waals surface area (Å²) < 4.78 is 90.0. The first-order chi connectivity index (χ1) is 12.4. The van der Waals surface area contributed by atoms with Crippen molar-refractivity contribution < 1.29 is 35.5 Å². The summed E-state index contributed by atoms with van der Waals surface area (Å²) in [5, 5.41) is 4.18. The van der Waals surface area contributed by atoms with Crippen molar-refractivity contribution in [1.82, 2.24) is 5.32 Å². The molecule has 2 rings (SSSR count). The molecular weight excluding hydrogens is 381 g/mol. The first kappa shape index (κ1) is 20.5. The van der Waals surface area contributed by atoms with Gasteiger partial charge in [0.2, 0.25) is 0 Å². The van der Waals surface area contributed by atoms with Gasteiger partial charge in [-0.3, -0.25) is 0 Å². The highest BCUT2D eigenvalue weighted by Crippen LogP contribution is 2.37. The number of aryl methyl sites for hydroxylation is 1. The number of alkyl halides is 6. The summed E-state index contributed by atoms with van der Waals surface area (Å²) in [4.78, 5) is 11.8. The lowest BCUT2D eigenvalue weighted by atomic mass is 10.1. The molecule has 0 heterocycles. The maximum absolute atomic E-state index is 13.2. The molecule has 0 bridgehead atoms. The number of hydrogen-bond donors (Lipinski definition) is 2. The molecule has 0 aromatic heterocycles. The Bertz CT molecular complexity index is 812. The van der Waals surface area contributed by atoms with E-state index in [4.69, 9.17) is 0 Å². The van der Waals surface area contributed by atoms with Gasteiger partial charge in [0.25, 0.3) is 0 Å². The molecule has 2 amide bonds. The van der Waals surface area contributed by atoms with Crippen LogP contribution in [0.1, 0.15) is 22.3 Å². The zero-order valence-corrected chi connectivity index (χ0v) is 13.7. The monoisotopic (exact) mass is 394 g/mol. The Kier molecular flexibility index (Phi) is 5.67. The van der Waals surface area contributed by atoms with Crippen molar-refractivity contribution in [2.75, 3.05) is 5.32 Å². The molecule has 27 heavy (non-hydrogen) atoms. The quantitative estimate of drug-likeness (QED) is 0.664. The Hall–Kier alpha value is -2.78. The molecule has 0 fully saturated rings. The molecule has 2 aromatic rings. The van der Waals surface area contributed by atoms with Gasteiger partial charge in [-0.05, 0) is 48.4 Å². The summed E-state index contributed by atoms with van der Waals surface area (Å²) in [6, 6.07) is 3.53. The van der Waals surface area contributed by atoms with Gasteiger partial charge in [-0.2, -0.15) is 26.3 Å². The molecule has 0 radical (unpaired) electrons. The molecule has 10 heteroatoms. The molecule has 0 atom stereocenters. The Morgan fingerprint density at radius 3 is 2.00 bits per heavy atom. The largest absolute Gasteiger partial charge is 0.416 e. The lowest BCUT2D eigenvalue weighted by molar-refractivity contribution is -0.143. The van der Waals surface area contributed by atoms with Crippen LogP contribution in [0.15, 0.2) is 36.4 Å². The van der Waals surface area contributed by atoms with Gasteiger partial charge in [0.05, 0.1) is 11.1 Å². The number of benzene rings is 2. The van der Waals surface area contributed by atoms with Crippen LogP contribution in [-0.2, 0) is 18.9 Å². The van der Waals surface area contributed by atoms with Crippen LogP contribution in [0.3, 0.4) is 0 Å². The number of nitrogens with one attached hydrogen (secondary N) is 2. The van der Waals surface area contributed by atoms with E-state index in [9.17, 15) is 35.5 Å². The molecule has 0 saturated carbocycles. The van der Waals surface area contributed by atoms with Crippen LogP contribution in [0.25, 0.3) is 0 Å². The Morgan fingerprint density at radius 2 is 1.48 bits per heavy atom. The summed E-state index contributed by atoms with van der Waals surface area (Å²) >= 11 is 0. The molecule has 0 saturated heterocycles. The predicted octanol–water partition coefficient (Wildman–Crippen LogP) is 5.49. The topological polar surface area (TPSA) is 41.1 Å². The van der Waals surface area contributed by atoms with Crippen LogP contribution in [0.5, 0.6) is 0 Å². The van der Waals surface area contributed by atoms with Crippen LogP contribution < -0.4 is 10.6 Å². The molecule has 146 valence electrons. The van der Waals surface area contributed by atoms with Gasteiger partial charge in [0, 0.05) is 12.2 Å². The molecule has 0 unspecified atom stereocenters. The van der Waals surface area contributed by atoms with E-state index in [1.807, 2.05) is 5.32 Å². The highest BCUT2D eigenvalue weighted by atomic mass is 19.4. The fraction of sp³-hybridized carbons (Fsp3) is 0.235. The van der Waals surface area contributed by atoms with Crippen LogP contribution >= 0.6 is 0 Å². The van der Waals surface area contributed by atoms with E-state index in [0.29, 0.717) is 23.3 Å². The summed E-state index contributed by atoms with van der Waals surface area (Å²) in [6.45, 7) is 1.48. The van der Waals surface area contributed by atoms with E-state index < -0.39 is 41.0 Å². The van der Waals surface area contributed by atoms with Crippen LogP contribution in [0, 0.1) is 12.7 Å². The van der Waals surface area contributed by atoms with Crippen molar-refractivity contribution in [2.24, 2.45) is 0 Å². The van der Waals surface area contributed by atoms with Gasteiger partial charge < -0.3 is 10.6 Å². The van der Waals surface area contributed by atoms with Gasteiger partial charge in [0.15, 0.2) is 0 Å². The van der Waals surface area contributed by atoms with E-state index in [0.717, 1.165) is 6.07 Å². The number of anilines is 1. The number of hydrogen-bond acceptors (Lipinski definition) is 1. The van der Waals surface area contributed by atoms with Gasteiger partial charge in [-0.1, -0.05) is 6.07 Å². The molecule has 2 N–H and O–H groups in total. The fourth-order valence-electron chi connectivity index (χ4n) is 2.21. The third-order valence-electron chi connectivity index (χ3n) is 3.60. The third kappa shape index (κ3) is 5.60. The average Bonchev–Trinajstić information content (AvgIpc) is 2.54. The van der Waals surface area contributed by atoms with Crippen LogP contribution in [0.2, 0.25) is 0 Å². The normalized spacial score (nSPS) is 12.0. The Morgan fingerprint density at radius 1 is 0.926 bits per heavy atom. The van der Waals surface area contributed by atoms with Crippen LogP contribution in [-0.4, -0.2) is 6.03 Å². The minimum atomic E-state index is -5.02. The van der Waals surface area contributed by atoms with Crippen molar-refractivity contribution in [2.45, 2.75) is 25.8 Å². The van der Waals surface area contributed by atoms with E-state index in [2.05, 4.69) is 5.32 Å². The standard InChI is InChI=1S/C17H13F7N2O/c1-9-2-3-13(18)4-10(9)8-25-15(27)26-14-6-11(16(19,20)21)5-12(7-14)17(22,23)24/h2-7H,8H2,1H3,(H2,25,26,27). The molecule has 2 aromatic carbocycles. The fourth-order valence-corrected chi connectivity index (χ4v) is 2.21. The second-order valence-electron chi connectivity index (χ2n) is 5.67. The minimum Gasteiger partial charge on any atom is -0.334 e. The first-order valence-electron chi connectivity index (χ1n) is 7.45. The number of halogens is 7. The second kappa shape index (κ2) is 7.45. The van der Waals surface area contributed by atoms with E-state index in [-0.39, 0.29) is 12.6 Å². The molecule has 0 spiro atoms. The van der Waals surface area contributed by atoms with E-state index in [1.54, 1.807) is 6.92 Å². The number of carbonyl (C=O) groups is 1. The highest BCUT2D eigenvalue weighted by molar-refractivity contribution is 5.89.